The lowest BCUT2D eigenvalue weighted by molar-refractivity contribution is 0.496. The maximum atomic E-state index is 4.27. The van der Waals surface area contributed by atoms with Crippen molar-refractivity contribution in [1.29, 1.82) is 0 Å². The van der Waals surface area contributed by atoms with Gasteiger partial charge in [0.15, 0.2) is 0 Å². The third kappa shape index (κ3) is 3.87. The second-order valence-electron chi connectivity index (χ2n) is 3.73. The first-order chi connectivity index (χ1) is 6.20. The molecule has 0 saturated carbocycles. The zero-order valence-corrected chi connectivity index (χ0v) is 9.40. The Morgan fingerprint density at radius 1 is 1.46 bits per heavy atom. The van der Waals surface area contributed by atoms with Gasteiger partial charge in [0, 0.05) is 11.6 Å². The Labute approximate surface area is 84.4 Å². The van der Waals surface area contributed by atoms with Crippen LogP contribution in [0.5, 0.6) is 0 Å². The topological polar surface area (TPSA) is 24.9 Å². The fraction of sp³-hybridized carbons (Fsp3) is 0.700. The molecule has 1 rings (SSSR count). The molecular weight excluding hydrogens is 180 g/mol. The Bertz CT molecular complexity index is 219. The SMILES string of the molecule is CC(C)CCN[C@H](C)c1nccs1. The lowest BCUT2D eigenvalue weighted by atomic mass is 10.1. The lowest BCUT2D eigenvalue weighted by Gasteiger charge is -2.11. The summed E-state index contributed by atoms with van der Waals surface area (Å²) in [7, 11) is 0. The van der Waals surface area contributed by atoms with Gasteiger partial charge in [-0.3, -0.25) is 0 Å². The molecule has 0 aliphatic carbocycles. The highest BCUT2D eigenvalue weighted by Crippen LogP contribution is 2.14. The molecule has 0 radical (unpaired) electrons. The Balaban J connectivity index is 2.22. The van der Waals surface area contributed by atoms with Crippen molar-refractivity contribution in [2.75, 3.05) is 6.54 Å². The third-order valence-corrected chi connectivity index (χ3v) is 2.95. The van der Waals surface area contributed by atoms with Gasteiger partial charge in [-0.05, 0) is 25.8 Å². The summed E-state index contributed by atoms with van der Waals surface area (Å²) in [5.41, 5.74) is 0. The van der Waals surface area contributed by atoms with E-state index in [4.69, 9.17) is 0 Å². The predicted molar refractivity (Wildman–Crippen MR) is 58.0 cm³/mol. The first-order valence-corrected chi connectivity index (χ1v) is 5.71. The van der Waals surface area contributed by atoms with Gasteiger partial charge in [-0.25, -0.2) is 4.98 Å². The maximum Gasteiger partial charge on any atom is 0.109 e. The van der Waals surface area contributed by atoms with E-state index in [0.717, 1.165) is 12.5 Å². The van der Waals surface area contributed by atoms with Crippen molar-refractivity contribution in [2.45, 2.75) is 33.2 Å². The quantitative estimate of drug-likeness (QED) is 0.787. The van der Waals surface area contributed by atoms with E-state index >= 15 is 0 Å². The minimum atomic E-state index is 0.402. The number of hydrogen-bond acceptors (Lipinski definition) is 3. The normalized spacial score (nSPS) is 13.5. The van der Waals surface area contributed by atoms with E-state index in [1.54, 1.807) is 11.3 Å². The van der Waals surface area contributed by atoms with E-state index in [2.05, 4.69) is 31.1 Å². The number of rotatable bonds is 5. The molecule has 2 nitrogen and oxygen atoms in total. The molecule has 0 amide bonds. The first-order valence-electron chi connectivity index (χ1n) is 4.83. The summed E-state index contributed by atoms with van der Waals surface area (Å²) < 4.78 is 0. The summed E-state index contributed by atoms with van der Waals surface area (Å²) >= 11 is 1.72. The fourth-order valence-corrected chi connectivity index (χ4v) is 1.79. The van der Waals surface area contributed by atoms with Crippen LogP contribution in [0.2, 0.25) is 0 Å². The van der Waals surface area contributed by atoms with E-state index in [-0.39, 0.29) is 0 Å². The molecule has 1 aromatic heterocycles. The van der Waals surface area contributed by atoms with Crippen LogP contribution in [0.1, 0.15) is 38.2 Å². The Morgan fingerprint density at radius 3 is 2.77 bits per heavy atom. The molecule has 0 saturated heterocycles. The van der Waals surface area contributed by atoms with Crippen molar-refractivity contribution < 1.29 is 0 Å². The molecule has 13 heavy (non-hydrogen) atoms. The van der Waals surface area contributed by atoms with Crippen LogP contribution in [-0.4, -0.2) is 11.5 Å². The number of nitrogens with one attached hydrogen (secondary N) is 1. The van der Waals surface area contributed by atoms with Crippen LogP contribution in [0.25, 0.3) is 0 Å². The molecule has 0 bridgehead atoms. The Kier molecular flexibility index (Phi) is 4.39. The minimum Gasteiger partial charge on any atom is -0.308 e. The third-order valence-electron chi connectivity index (χ3n) is 1.99. The second-order valence-corrected chi connectivity index (χ2v) is 4.65. The van der Waals surface area contributed by atoms with Gasteiger partial charge in [0.25, 0.3) is 0 Å². The highest BCUT2D eigenvalue weighted by molar-refractivity contribution is 7.09. The van der Waals surface area contributed by atoms with Gasteiger partial charge in [-0.15, -0.1) is 11.3 Å². The smallest absolute Gasteiger partial charge is 0.109 e. The number of aromatic nitrogens is 1. The molecule has 1 aromatic rings. The van der Waals surface area contributed by atoms with E-state index in [1.165, 1.54) is 11.4 Å². The van der Waals surface area contributed by atoms with Crippen LogP contribution in [0.15, 0.2) is 11.6 Å². The van der Waals surface area contributed by atoms with Crippen molar-refractivity contribution in [3.63, 3.8) is 0 Å². The number of nitrogens with zero attached hydrogens (tertiary/aromatic N) is 1. The van der Waals surface area contributed by atoms with Crippen molar-refractivity contribution in [1.82, 2.24) is 10.3 Å². The highest BCUT2D eigenvalue weighted by Gasteiger charge is 2.06. The average Bonchev–Trinajstić information content (AvgIpc) is 2.55. The van der Waals surface area contributed by atoms with Crippen LogP contribution in [0.3, 0.4) is 0 Å². The minimum absolute atomic E-state index is 0.402. The zero-order chi connectivity index (χ0) is 9.68. The summed E-state index contributed by atoms with van der Waals surface area (Å²) in [5.74, 6) is 0.774. The van der Waals surface area contributed by atoms with Gasteiger partial charge < -0.3 is 5.32 Å². The predicted octanol–water partition coefficient (Wildman–Crippen LogP) is 2.84. The molecule has 1 atom stereocenters. The van der Waals surface area contributed by atoms with Crippen LogP contribution in [0, 0.1) is 5.92 Å². The molecule has 1 N–H and O–H groups in total. The van der Waals surface area contributed by atoms with Gasteiger partial charge in [0.1, 0.15) is 5.01 Å². The number of hydrogen-bond donors (Lipinski definition) is 1. The lowest BCUT2D eigenvalue weighted by Crippen LogP contribution is -2.20. The van der Waals surface area contributed by atoms with Gasteiger partial charge >= 0.3 is 0 Å². The second kappa shape index (κ2) is 5.35. The van der Waals surface area contributed by atoms with Gasteiger partial charge in [0.2, 0.25) is 0 Å². The molecule has 0 fully saturated rings. The van der Waals surface area contributed by atoms with Gasteiger partial charge in [-0.2, -0.15) is 0 Å². The summed E-state index contributed by atoms with van der Waals surface area (Å²) in [6.07, 6.45) is 3.09. The summed E-state index contributed by atoms with van der Waals surface area (Å²) in [5, 5.41) is 6.67. The summed E-state index contributed by atoms with van der Waals surface area (Å²) in [6, 6.07) is 0.402. The van der Waals surface area contributed by atoms with Crippen molar-refractivity contribution in [3.05, 3.63) is 16.6 Å². The molecule has 0 aromatic carbocycles. The Morgan fingerprint density at radius 2 is 2.23 bits per heavy atom. The van der Waals surface area contributed by atoms with Crippen LogP contribution in [0.4, 0.5) is 0 Å². The molecule has 74 valence electrons. The van der Waals surface area contributed by atoms with E-state index < -0.39 is 0 Å². The van der Waals surface area contributed by atoms with Crippen LogP contribution < -0.4 is 5.32 Å². The van der Waals surface area contributed by atoms with Crippen LogP contribution in [-0.2, 0) is 0 Å². The molecule has 0 aliphatic heterocycles. The van der Waals surface area contributed by atoms with E-state index in [1.807, 2.05) is 11.6 Å². The standard InChI is InChI=1S/C10H18N2S/c1-8(2)4-5-11-9(3)10-12-6-7-13-10/h6-9,11H,4-5H2,1-3H3/t9-/m1/s1. The van der Waals surface area contributed by atoms with Crippen molar-refractivity contribution >= 4 is 11.3 Å². The highest BCUT2D eigenvalue weighted by atomic mass is 32.1. The molecule has 1 heterocycles. The van der Waals surface area contributed by atoms with Gasteiger partial charge in [0.05, 0.1) is 6.04 Å². The maximum absolute atomic E-state index is 4.27. The molecule has 0 spiro atoms. The van der Waals surface area contributed by atoms with Crippen molar-refractivity contribution in [3.8, 4) is 0 Å². The Hall–Kier alpha value is -0.410. The largest absolute Gasteiger partial charge is 0.308 e. The van der Waals surface area contributed by atoms with E-state index in [9.17, 15) is 0 Å². The summed E-state index contributed by atoms with van der Waals surface area (Å²) in [4.78, 5) is 4.27. The average molecular weight is 198 g/mol. The van der Waals surface area contributed by atoms with Gasteiger partial charge in [-0.1, -0.05) is 13.8 Å². The molecular formula is C10H18N2S. The molecule has 0 unspecified atom stereocenters. The van der Waals surface area contributed by atoms with Crippen LogP contribution >= 0.6 is 11.3 Å². The molecule has 0 aliphatic rings. The number of thiazole rings is 1. The molecule has 3 heteroatoms. The van der Waals surface area contributed by atoms with E-state index in [0.29, 0.717) is 6.04 Å². The summed E-state index contributed by atoms with van der Waals surface area (Å²) in [6.45, 7) is 7.74. The fourth-order valence-electron chi connectivity index (χ4n) is 1.12. The monoisotopic (exact) mass is 198 g/mol. The zero-order valence-electron chi connectivity index (χ0n) is 8.58. The van der Waals surface area contributed by atoms with Crippen molar-refractivity contribution in [2.24, 2.45) is 5.92 Å². The first kappa shape index (κ1) is 10.7.